The second-order valence-corrected chi connectivity index (χ2v) is 6.10. The Kier molecular flexibility index (Phi) is 7.67. The molecule has 0 saturated carbocycles. The number of hydrogen-bond donors (Lipinski definition) is 1. The zero-order valence-corrected chi connectivity index (χ0v) is 16.2. The second-order valence-electron chi connectivity index (χ2n) is 6.10. The van der Waals surface area contributed by atoms with Crippen LogP contribution in [0.3, 0.4) is 0 Å². The summed E-state index contributed by atoms with van der Waals surface area (Å²) in [5.41, 5.74) is 2.76. The van der Waals surface area contributed by atoms with Crippen LogP contribution in [0.4, 0.5) is 5.69 Å². The Labute approximate surface area is 160 Å². The molecule has 0 bridgehead atoms. The number of amides is 1. The maximum atomic E-state index is 11.9. The van der Waals surface area contributed by atoms with E-state index >= 15 is 0 Å². The number of carbonyl (C=O) groups is 1. The van der Waals surface area contributed by atoms with E-state index in [-0.39, 0.29) is 12.5 Å². The van der Waals surface area contributed by atoms with Crippen molar-refractivity contribution < 1.29 is 19.1 Å². The second kappa shape index (κ2) is 10.2. The van der Waals surface area contributed by atoms with Gasteiger partial charge in [0.1, 0.15) is 0 Å². The average molecular weight is 370 g/mol. The monoisotopic (exact) mass is 370 g/mol. The Hall–Kier alpha value is -3.02. The Bertz CT molecular complexity index is 772. The fraction of sp³-hybridized carbons (Fsp3) is 0.333. The largest absolute Gasteiger partial charge is 0.493 e. The van der Waals surface area contributed by atoms with Gasteiger partial charge >= 0.3 is 0 Å². The van der Waals surface area contributed by atoms with Crippen LogP contribution in [0.1, 0.15) is 37.3 Å². The van der Waals surface area contributed by atoms with Crippen LogP contribution in [-0.4, -0.2) is 32.9 Å². The summed E-state index contributed by atoms with van der Waals surface area (Å²) in [6.07, 6.45) is 2.59. The molecule has 2 aromatic rings. The Morgan fingerprint density at radius 2 is 1.81 bits per heavy atom. The molecule has 6 nitrogen and oxygen atoms in total. The first-order valence-corrected chi connectivity index (χ1v) is 8.84. The molecule has 2 aromatic carbocycles. The van der Waals surface area contributed by atoms with E-state index in [1.807, 2.05) is 30.3 Å². The Morgan fingerprint density at radius 3 is 2.44 bits per heavy atom. The number of carbonyl (C=O) groups excluding carboxylic acids is 1. The maximum absolute atomic E-state index is 11.9. The minimum Gasteiger partial charge on any atom is -0.493 e. The molecule has 144 valence electrons. The molecule has 0 aliphatic heterocycles. The molecule has 0 aliphatic rings. The van der Waals surface area contributed by atoms with Gasteiger partial charge in [-0.05, 0) is 48.2 Å². The first-order valence-electron chi connectivity index (χ1n) is 8.84. The molecule has 0 spiro atoms. The summed E-state index contributed by atoms with van der Waals surface area (Å²) in [6.45, 7) is 4.16. The summed E-state index contributed by atoms with van der Waals surface area (Å²) >= 11 is 0. The van der Waals surface area contributed by atoms with Gasteiger partial charge in [-0.1, -0.05) is 31.1 Å². The van der Waals surface area contributed by atoms with Crippen molar-refractivity contribution >= 4 is 17.8 Å². The van der Waals surface area contributed by atoms with Crippen LogP contribution in [0.5, 0.6) is 11.5 Å². The quantitative estimate of drug-likeness (QED) is 0.530. The molecule has 0 fully saturated rings. The van der Waals surface area contributed by atoms with Gasteiger partial charge in [-0.3, -0.25) is 4.79 Å². The zero-order chi connectivity index (χ0) is 19.6. The molecular formula is C21H26N2O4. The van der Waals surface area contributed by atoms with Crippen LogP contribution in [-0.2, 0) is 9.63 Å². The number of rotatable bonds is 9. The highest BCUT2D eigenvalue weighted by Crippen LogP contribution is 2.26. The molecule has 1 atom stereocenters. The number of hydrogen-bond acceptors (Lipinski definition) is 5. The third-order valence-electron chi connectivity index (χ3n) is 4.26. The topological polar surface area (TPSA) is 69.2 Å². The zero-order valence-electron chi connectivity index (χ0n) is 16.2. The van der Waals surface area contributed by atoms with E-state index in [4.69, 9.17) is 14.3 Å². The first-order chi connectivity index (χ1) is 13.1. The molecule has 1 N–H and O–H groups in total. The van der Waals surface area contributed by atoms with E-state index in [2.05, 4.69) is 24.3 Å². The van der Waals surface area contributed by atoms with Gasteiger partial charge in [0, 0.05) is 11.3 Å². The van der Waals surface area contributed by atoms with E-state index in [1.165, 1.54) is 11.8 Å². The highest BCUT2D eigenvalue weighted by molar-refractivity contribution is 5.91. The number of nitrogens with one attached hydrogen (secondary N) is 1. The van der Waals surface area contributed by atoms with E-state index in [9.17, 15) is 4.79 Å². The number of benzene rings is 2. The Morgan fingerprint density at radius 1 is 1.11 bits per heavy atom. The average Bonchev–Trinajstić information content (AvgIpc) is 2.71. The molecule has 2 rings (SSSR count). The molecule has 0 radical (unpaired) electrons. The van der Waals surface area contributed by atoms with Gasteiger partial charge in [-0.15, -0.1) is 0 Å². The fourth-order valence-corrected chi connectivity index (χ4v) is 2.45. The molecule has 0 heterocycles. The van der Waals surface area contributed by atoms with Crippen LogP contribution in [0.2, 0.25) is 0 Å². The smallest absolute Gasteiger partial charge is 0.265 e. The highest BCUT2D eigenvalue weighted by Gasteiger charge is 2.06. The Balaban J connectivity index is 1.82. The van der Waals surface area contributed by atoms with Gasteiger partial charge in [-0.2, -0.15) is 0 Å². The predicted octanol–water partition coefficient (Wildman–Crippen LogP) is 4.21. The SMILES string of the molecule is CC[C@@H](C)c1ccc(NC(=O)CO/N=C\c2ccc(OC)c(OC)c2)cc1. The summed E-state index contributed by atoms with van der Waals surface area (Å²) in [4.78, 5) is 17.0. The third-order valence-corrected chi connectivity index (χ3v) is 4.26. The number of nitrogens with zero attached hydrogens (tertiary/aromatic N) is 1. The lowest BCUT2D eigenvalue weighted by molar-refractivity contribution is -0.120. The van der Waals surface area contributed by atoms with Crippen molar-refractivity contribution in [3.63, 3.8) is 0 Å². The summed E-state index contributed by atoms with van der Waals surface area (Å²) in [5, 5.41) is 6.60. The minimum absolute atomic E-state index is 0.170. The molecule has 6 heteroatoms. The number of anilines is 1. The fourth-order valence-electron chi connectivity index (χ4n) is 2.45. The summed E-state index contributed by atoms with van der Waals surface area (Å²) in [5.74, 6) is 1.47. The van der Waals surface area contributed by atoms with Crippen molar-refractivity contribution in [1.29, 1.82) is 0 Å². The van der Waals surface area contributed by atoms with Gasteiger partial charge in [0.05, 0.1) is 20.4 Å². The summed E-state index contributed by atoms with van der Waals surface area (Å²) in [7, 11) is 3.14. The summed E-state index contributed by atoms with van der Waals surface area (Å²) < 4.78 is 10.4. The van der Waals surface area contributed by atoms with Crippen molar-refractivity contribution in [3.05, 3.63) is 53.6 Å². The number of ether oxygens (including phenoxy) is 2. The highest BCUT2D eigenvalue weighted by atomic mass is 16.6. The predicted molar refractivity (Wildman–Crippen MR) is 107 cm³/mol. The molecule has 0 aliphatic carbocycles. The number of oxime groups is 1. The molecule has 0 saturated heterocycles. The van der Waals surface area contributed by atoms with Crippen LogP contribution in [0.15, 0.2) is 47.6 Å². The standard InChI is InChI=1S/C21H26N2O4/c1-5-15(2)17-7-9-18(10-8-17)23-21(24)14-27-22-13-16-6-11-19(25-3)20(12-16)26-4/h6-13,15H,5,14H2,1-4H3,(H,23,24)/b22-13-/t15-/m1/s1. The minimum atomic E-state index is -0.268. The van der Waals surface area contributed by atoms with Gasteiger partial charge < -0.3 is 19.6 Å². The lowest BCUT2D eigenvalue weighted by Gasteiger charge is -2.10. The first kappa shape index (κ1) is 20.3. The van der Waals surface area contributed by atoms with Crippen molar-refractivity contribution in [2.45, 2.75) is 26.2 Å². The number of methoxy groups -OCH3 is 2. The normalized spacial score (nSPS) is 11.9. The maximum Gasteiger partial charge on any atom is 0.265 e. The van der Waals surface area contributed by atoms with Crippen molar-refractivity contribution in [1.82, 2.24) is 0 Å². The van der Waals surface area contributed by atoms with Crippen molar-refractivity contribution in [2.24, 2.45) is 5.16 Å². The third kappa shape index (κ3) is 6.02. The molecular weight excluding hydrogens is 344 g/mol. The van der Waals surface area contributed by atoms with E-state index in [0.29, 0.717) is 17.4 Å². The van der Waals surface area contributed by atoms with Crippen molar-refractivity contribution in [3.8, 4) is 11.5 Å². The van der Waals surface area contributed by atoms with Gasteiger partial charge in [0.15, 0.2) is 18.1 Å². The van der Waals surface area contributed by atoms with E-state index < -0.39 is 0 Å². The van der Waals surface area contributed by atoms with Gasteiger partial charge in [0.2, 0.25) is 0 Å². The van der Waals surface area contributed by atoms with Crippen molar-refractivity contribution in [2.75, 3.05) is 26.1 Å². The van der Waals surface area contributed by atoms with Gasteiger partial charge in [0.25, 0.3) is 5.91 Å². The molecule has 27 heavy (non-hydrogen) atoms. The van der Waals surface area contributed by atoms with E-state index in [0.717, 1.165) is 17.7 Å². The van der Waals surface area contributed by atoms with Crippen LogP contribution in [0, 0.1) is 0 Å². The summed E-state index contributed by atoms with van der Waals surface area (Å²) in [6, 6.07) is 13.2. The van der Waals surface area contributed by atoms with Crippen LogP contribution < -0.4 is 14.8 Å². The lowest BCUT2D eigenvalue weighted by atomic mass is 9.99. The van der Waals surface area contributed by atoms with Gasteiger partial charge in [-0.25, -0.2) is 0 Å². The molecule has 0 aromatic heterocycles. The van der Waals surface area contributed by atoms with Crippen LogP contribution >= 0.6 is 0 Å². The lowest BCUT2D eigenvalue weighted by Crippen LogP contribution is -2.17. The van der Waals surface area contributed by atoms with Crippen LogP contribution in [0.25, 0.3) is 0 Å². The molecule has 0 unspecified atom stereocenters. The molecule has 1 amide bonds. The van der Waals surface area contributed by atoms with E-state index in [1.54, 1.807) is 26.4 Å².